The lowest BCUT2D eigenvalue weighted by molar-refractivity contribution is -0.138. The molecule has 2 aromatic rings. The van der Waals surface area contributed by atoms with E-state index in [0.717, 1.165) is 36.1 Å². The predicted octanol–water partition coefficient (Wildman–Crippen LogP) is 2.83. The number of unbranched alkanes of at least 4 members (excludes halogenated alkanes) is 1. The van der Waals surface area contributed by atoms with E-state index in [4.69, 9.17) is 33.9 Å². The van der Waals surface area contributed by atoms with Crippen molar-refractivity contribution in [3.05, 3.63) is 64.7 Å². The number of rotatable bonds is 9. The van der Waals surface area contributed by atoms with Gasteiger partial charge in [-0.2, -0.15) is 0 Å². The quantitative estimate of drug-likeness (QED) is 0.281. The molecule has 0 bridgehead atoms. The number of carboxylic acid groups (broad SMARTS) is 1. The van der Waals surface area contributed by atoms with Crippen molar-refractivity contribution < 1.29 is 19.5 Å². The molecule has 8 nitrogen and oxygen atoms in total. The zero-order chi connectivity index (χ0) is 24.4. The number of amides is 1. The Kier molecular flexibility index (Phi) is 16.3. The van der Waals surface area contributed by atoms with E-state index in [1.54, 1.807) is 24.3 Å². The molecule has 0 heterocycles. The van der Waals surface area contributed by atoms with Crippen LogP contribution in [-0.2, 0) is 16.0 Å². The van der Waals surface area contributed by atoms with Gasteiger partial charge in [-0.3, -0.25) is 14.4 Å². The molecule has 0 aliphatic carbocycles. The Morgan fingerprint density at radius 2 is 1.69 bits per heavy atom. The molecule has 0 aliphatic heterocycles. The van der Waals surface area contributed by atoms with E-state index in [1.807, 2.05) is 24.3 Å². The Balaban J connectivity index is 0.000000454. The number of carbonyl (C=O) groups is 3. The smallest absolute Gasteiger partial charge is 0.320 e. The van der Waals surface area contributed by atoms with Gasteiger partial charge in [-0.15, -0.1) is 0 Å². The molecule has 0 spiro atoms. The van der Waals surface area contributed by atoms with E-state index >= 15 is 0 Å². The molecule has 2 rings (SSSR count). The van der Waals surface area contributed by atoms with Crippen LogP contribution in [0.2, 0.25) is 5.02 Å². The van der Waals surface area contributed by atoms with Crippen molar-refractivity contribution in [2.75, 3.05) is 18.4 Å². The Hall–Kier alpha value is -2.78. The Bertz CT molecular complexity index is 816. The second-order valence-corrected chi connectivity index (χ2v) is 7.19. The fraction of sp³-hybridized carbons (Fsp3) is 0.348. The van der Waals surface area contributed by atoms with Crippen molar-refractivity contribution in [3.63, 3.8) is 0 Å². The van der Waals surface area contributed by atoms with Gasteiger partial charge in [-0.1, -0.05) is 36.2 Å². The van der Waals surface area contributed by atoms with Gasteiger partial charge in [-0.25, -0.2) is 0 Å². The second-order valence-electron chi connectivity index (χ2n) is 6.78. The minimum atomic E-state index is -0.933. The summed E-state index contributed by atoms with van der Waals surface area (Å²) in [7, 11) is 0. The first-order valence-electron chi connectivity index (χ1n) is 10.2. The van der Waals surface area contributed by atoms with Crippen LogP contribution in [0.15, 0.2) is 48.5 Å². The van der Waals surface area contributed by atoms with Crippen molar-refractivity contribution in [1.29, 1.82) is 0 Å². The average Bonchev–Trinajstić information content (AvgIpc) is 2.76. The molecule has 0 radical (unpaired) electrons. The molecule has 0 saturated heterocycles. The van der Waals surface area contributed by atoms with Crippen LogP contribution in [0.1, 0.15) is 42.1 Å². The van der Waals surface area contributed by atoms with Gasteiger partial charge in [-0.05, 0) is 68.2 Å². The van der Waals surface area contributed by atoms with E-state index in [0.29, 0.717) is 30.8 Å². The standard InChI is InChI=1S/C9H9NO2.C8H10ClN.C6H14N2O2/c1-7(12)10-9-4-2-8(6-11)3-5-9;9-8-4-2-1-3-7(8)5-6-10;7-4-2-1-3-5(8)6(9)10/h2-6H,1H3,(H,10,12);1-4H,5-6,10H2;5H,1-4,7-8H2,(H,9,10)/t;;5-/m..0/s1. The summed E-state index contributed by atoms with van der Waals surface area (Å²) < 4.78 is 0. The number of carboxylic acids is 1. The fourth-order valence-electron chi connectivity index (χ4n) is 2.34. The van der Waals surface area contributed by atoms with Gasteiger partial charge in [0.2, 0.25) is 5.91 Å². The number of carbonyl (C=O) groups excluding carboxylic acids is 2. The predicted molar refractivity (Wildman–Crippen MR) is 129 cm³/mol. The third-order valence-corrected chi connectivity index (χ3v) is 4.39. The number of halogens is 1. The van der Waals surface area contributed by atoms with E-state index in [2.05, 4.69) is 5.32 Å². The van der Waals surface area contributed by atoms with Crippen molar-refractivity contribution in [2.45, 2.75) is 38.6 Å². The van der Waals surface area contributed by atoms with Crippen LogP contribution in [-0.4, -0.2) is 42.4 Å². The highest BCUT2D eigenvalue weighted by Gasteiger charge is 2.09. The largest absolute Gasteiger partial charge is 0.480 e. The number of benzene rings is 2. The molecule has 8 N–H and O–H groups in total. The third kappa shape index (κ3) is 14.3. The molecule has 176 valence electrons. The van der Waals surface area contributed by atoms with Gasteiger partial charge in [0.05, 0.1) is 0 Å². The van der Waals surface area contributed by atoms with E-state index in [1.165, 1.54) is 6.92 Å². The summed E-state index contributed by atoms with van der Waals surface area (Å²) in [6, 6.07) is 13.7. The highest BCUT2D eigenvalue weighted by Crippen LogP contribution is 2.14. The Labute approximate surface area is 194 Å². The van der Waals surface area contributed by atoms with Crippen molar-refractivity contribution in [3.8, 4) is 0 Å². The maximum absolute atomic E-state index is 10.6. The van der Waals surface area contributed by atoms with Crippen molar-refractivity contribution in [1.82, 2.24) is 0 Å². The average molecular weight is 465 g/mol. The summed E-state index contributed by atoms with van der Waals surface area (Å²) in [5, 5.41) is 11.7. The summed E-state index contributed by atoms with van der Waals surface area (Å²) in [5.74, 6) is -1.05. The van der Waals surface area contributed by atoms with Gasteiger partial charge in [0, 0.05) is 23.2 Å². The van der Waals surface area contributed by atoms with Gasteiger partial charge in [0.15, 0.2) is 0 Å². The number of hydrogen-bond donors (Lipinski definition) is 5. The number of nitrogens with one attached hydrogen (secondary N) is 1. The zero-order valence-corrected chi connectivity index (χ0v) is 19.1. The summed E-state index contributed by atoms with van der Waals surface area (Å²) >= 11 is 5.85. The number of hydrogen-bond acceptors (Lipinski definition) is 6. The van der Waals surface area contributed by atoms with Crippen LogP contribution in [0, 0.1) is 0 Å². The highest BCUT2D eigenvalue weighted by molar-refractivity contribution is 6.31. The van der Waals surface area contributed by atoms with Crippen LogP contribution >= 0.6 is 11.6 Å². The van der Waals surface area contributed by atoms with Crippen LogP contribution in [0.4, 0.5) is 5.69 Å². The number of anilines is 1. The van der Waals surface area contributed by atoms with Crippen LogP contribution in [0.5, 0.6) is 0 Å². The number of nitrogens with two attached hydrogens (primary N) is 3. The van der Waals surface area contributed by atoms with Crippen molar-refractivity contribution in [2.24, 2.45) is 17.2 Å². The lowest BCUT2D eigenvalue weighted by Gasteiger charge is -2.03. The van der Waals surface area contributed by atoms with Crippen LogP contribution in [0.25, 0.3) is 0 Å². The van der Waals surface area contributed by atoms with Gasteiger partial charge < -0.3 is 27.6 Å². The van der Waals surface area contributed by atoms with Crippen molar-refractivity contribution >= 4 is 35.5 Å². The summed E-state index contributed by atoms with van der Waals surface area (Å²) in [4.78, 5) is 31.0. The summed E-state index contributed by atoms with van der Waals surface area (Å²) in [6.07, 6.45) is 3.79. The normalized spacial score (nSPS) is 10.5. The lowest BCUT2D eigenvalue weighted by atomic mass is 10.1. The molecule has 9 heteroatoms. The first-order chi connectivity index (χ1) is 15.2. The SMILES string of the molecule is CC(=O)Nc1ccc(C=O)cc1.NCCCC[C@H](N)C(=O)O.NCCc1ccccc1Cl. The molecule has 0 aromatic heterocycles. The summed E-state index contributed by atoms with van der Waals surface area (Å²) in [5.41, 5.74) is 18.2. The van der Waals surface area contributed by atoms with E-state index in [9.17, 15) is 14.4 Å². The number of aliphatic carboxylic acids is 1. The van der Waals surface area contributed by atoms with E-state index < -0.39 is 12.0 Å². The van der Waals surface area contributed by atoms with Gasteiger partial charge in [0.1, 0.15) is 12.3 Å². The second kappa shape index (κ2) is 17.9. The monoisotopic (exact) mass is 464 g/mol. The summed E-state index contributed by atoms with van der Waals surface area (Å²) in [6.45, 7) is 2.70. The Morgan fingerprint density at radius 1 is 1.06 bits per heavy atom. The molecule has 1 atom stereocenters. The maximum Gasteiger partial charge on any atom is 0.320 e. The first-order valence-corrected chi connectivity index (χ1v) is 10.6. The van der Waals surface area contributed by atoms with E-state index in [-0.39, 0.29) is 5.91 Å². The topological polar surface area (TPSA) is 162 Å². The number of aldehydes is 1. The lowest BCUT2D eigenvalue weighted by Crippen LogP contribution is -2.29. The molecule has 0 saturated carbocycles. The molecule has 32 heavy (non-hydrogen) atoms. The molecule has 0 fully saturated rings. The minimum absolute atomic E-state index is 0.117. The molecule has 1 amide bonds. The Morgan fingerprint density at radius 3 is 2.16 bits per heavy atom. The first kappa shape index (κ1) is 29.2. The van der Waals surface area contributed by atoms with Crippen LogP contribution in [0.3, 0.4) is 0 Å². The third-order valence-electron chi connectivity index (χ3n) is 4.03. The molecule has 0 unspecified atom stereocenters. The zero-order valence-electron chi connectivity index (χ0n) is 18.3. The molecule has 0 aliphatic rings. The van der Waals surface area contributed by atoms with Gasteiger partial charge >= 0.3 is 5.97 Å². The molecular formula is C23H33ClN4O4. The fourth-order valence-corrected chi connectivity index (χ4v) is 2.57. The molecule has 2 aromatic carbocycles. The molecular weight excluding hydrogens is 432 g/mol. The van der Waals surface area contributed by atoms with Crippen LogP contribution < -0.4 is 22.5 Å². The minimum Gasteiger partial charge on any atom is -0.480 e. The highest BCUT2D eigenvalue weighted by atomic mass is 35.5. The van der Waals surface area contributed by atoms with Gasteiger partial charge in [0.25, 0.3) is 0 Å². The maximum atomic E-state index is 10.6.